The van der Waals surface area contributed by atoms with Gasteiger partial charge in [-0.25, -0.2) is 4.98 Å². The van der Waals surface area contributed by atoms with E-state index < -0.39 is 0 Å². The van der Waals surface area contributed by atoms with Crippen LogP contribution in [-0.2, 0) is 6.42 Å². The summed E-state index contributed by atoms with van der Waals surface area (Å²) >= 11 is 0. The van der Waals surface area contributed by atoms with Crippen molar-refractivity contribution < 1.29 is 4.42 Å². The zero-order valence-electron chi connectivity index (χ0n) is 9.95. The zero-order valence-corrected chi connectivity index (χ0v) is 9.95. The van der Waals surface area contributed by atoms with E-state index in [9.17, 15) is 0 Å². The van der Waals surface area contributed by atoms with Gasteiger partial charge in [0, 0.05) is 6.42 Å². The summed E-state index contributed by atoms with van der Waals surface area (Å²) < 4.78 is 5.43. The van der Waals surface area contributed by atoms with Crippen molar-refractivity contribution in [3.8, 4) is 11.4 Å². The van der Waals surface area contributed by atoms with Crippen LogP contribution in [0.1, 0.15) is 18.2 Å². The molecule has 0 saturated heterocycles. The fourth-order valence-corrected chi connectivity index (χ4v) is 2.08. The van der Waals surface area contributed by atoms with Gasteiger partial charge < -0.3 is 9.40 Å². The van der Waals surface area contributed by atoms with Crippen molar-refractivity contribution in [1.29, 1.82) is 0 Å². The Hall–Kier alpha value is -2.03. The zero-order chi connectivity index (χ0) is 11.8. The predicted octanol–water partition coefficient (Wildman–Crippen LogP) is 3.69. The van der Waals surface area contributed by atoms with Crippen LogP contribution >= 0.6 is 0 Å². The van der Waals surface area contributed by atoms with E-state index in [0.29, 0.717) is 0 Å². The summed E-state index contributed by atoms with van der Waals surface area (Å²) in [7, 11) is 0. The molecular weight excluding hydrogens is 212 g/mol. The maximum Gasteiger partial charge on any atom is 0.142 e. The third-order valence-electron chi connectivity index (χ3n) is 2.96. The number of aromatic amines is 1. The van der Waals surface area contributed by atoms with Gasteiger partial charge in [0.1, 0.15) is 11.6 Å². The molecule has 86 valence electrons. The Labute approximate surface area is 99.5 Å². The van der Waals surface area contributed by atoms with E-state index in [2.05, 4.69) is 35.9 Å². The van der Waals surface area contributed by atoms with Crippen LogP contribution in [0.15, 0.2) is 34.9 Å². The quantitative estimate of drug-likeness (QED) is 0.724. The summed E-state index contributed by atoms with van der Waals surface area (Å²) in [6.07, 6.45) is 2.59. The standard InChI is InChI=1S/C14H14N2O/c1-3-13-10(6-7-17-13)14-15-11-5-4-9(2)8-12(11)16-14/h4-8H,3H2,1-2H3,(H,15,16). The Morgan fingerprint density at radius 3 is 3.00 bits per heavy atom. The molecule has 1 aromatic carbocycles. The fraction of sp³-hybridized carbons (Fsp3) is 0.214. The highest BCUT2D eigenvalue weighted by atomic mass is 16.3. The number of aromatic nitrogens is 2. The number of furan rings is 1. The number of hydrogen-bond donors (Lipinski definition) is 1. The monoisotopic (exact) mass is 226 g/mol. The van der Waals surface area contributed by atoms with Gasteiger partial charge in [0.05, 0.1) is 22.9 Å². The first-order valence-corrected chi connectivity index (χ1v) is 5.81. The van der Waals surface area contributed by atoms with E-state index in [-0.39, 0.29) is 0 Å². The van der Waals surface area contributed by atoms with Crippen LogP contribution in [0.5, 0.6) is 0 Å². The van der Waals surface area contributed by atoms with Crippen molar-refractivity contribution >= 4 is 11.0 Å². The van der Waals surface area contributed by atoms with Crippen molar-refractivity contribution in [3.05, 3.63) is 41.9 Å². The molecule has 2 heterocycles. The molecule has 2 aromatic heterocycles. The van der Waals surface area contributed by atoms with E-state index in [1.807, 2.05) is 12.1 Å². The molecule has 0 radical (unpaired) electrons. The van der Waals surface area contributed by atoms with Crippen LogP contribution in [0.4, 0.5) is 0 Å². The molecule has 0 aliphatic heterocycles. The first-order valence-electron chi connectivity index (χ1n) is 5.81. The maximum absolute atomic E-state index is 5.43. The second-order valence-electron chi connectivity index (χ2n) is 4.22. The van der Waals surface area contributed by atoms with Gasteiger partial charge in [0.25, 0.3) is 0 Å². The van der Waals surface area contributed by atoms with E-state index >= 15 is 0 Å². The van der Waals surface area contributed by atoms with Gasteiger partial charge in [-0.2, -0.15) is 0 Å². The second-order valence-corrected chi connectivity index (χ2v) is 4.22. The molecule has 3 heteroatoms. The SMILES string of the molecule is CCc1occc1-c1nc2ccc(C)cc2[nH]1. The number of nitrogens with one attached hydrogen (secondary N) is 1. The molecule has 0 aliphatic rings. The minimum atomic E-state index is 0.873. The number of H-pyrrole nitrogens is 1. The maximum atomic E-state index is 5.43. The van der Waals surface area contributed by atoms with Crippen LogP contribution in [0.3, 0.4) is 0 Å². The average molecular weight is 226 g/mol. The largest absolute Gasteiger partial charge is 0.469 e. The molecule has 0 aliphatic carbocycles. The predicted molar refractivity (Wildman–Crippen MR) is 67.9 cm³/mol. The van der Waals surface area contributed by atoms with Crippen molar-refractivity contribution in [2.24, 2.45) is 0 Å². The van der Waals surface area contributed by atoms with Crippen LogP contribution < -0.4 is 0 Å². The van der Waals surface area contributed by atoms with Crippen LogP contribution in [0.25, 0.3) is 22.4 Å². The number of benzene rings is 1. The number of hydrogen-bond acceptors (Lipinski definition) is 2. The molecule has 3 aromatic rings. The lowest BCUT2D eigenvalue weighted by Gasteiger charge is -1.94. The summed E-state index contributed by atoms with van der Waals surface area (Å²) in [6, 6.07) is 8.18. The molecule has 3 nitrogen and oxygen atoms in total. The van der Waals surface area contributed by atoms with Crippen molar-refractivity contribution in [2.45, 2.75) is 20.3 Å². The average Bonchev–Trinajstić information content (AvgIpc) is 2.93. The van der Waals surface area contributed by atoms with Gasteiger partial charge in [-0.15, -0.1) is 0 Å². The Morgan fingerprint density at radius 1 is 1.29 bits per heavy atom. The Bertz CT molecular complexity index is 664. The third-order valence-corrected chi connectivity index (χ3v) is 2.96. The summed E-state index contributed by atoms with van der Waals surface area (Å²) in [5.41, 5.74) is 4.36. The third kappa shape index (κ3) is 1.64. The van der Waals surface area contributed by atoms with Gasteiger partial charge in [-0.3, -0.25) is 0 Å². The molecule has 17 heavy (non-hydrogen) atoms. The van der Waals surface area contributed by atoms with E-state index in [4.69, 9.17) is 4.42 Å². The van der Waals surface area contributed by atoms with Crippen molar-refractivity contribution in [2.75, 3.05) is 0 Å². The van der Waals surface area contributed by atoms with Crippen LogP contribution in [0, 0.1) is 6.92 Å². The van der Waals surface area contributed by atoms with Gasteiger partial charge in [-0.05, 0) is 30.7 Å². The summed E-state index contributed by atoms with van der Waals surface area (Å²) in [6.45, 7) is 4.16. The molecule has 0 amide bonds. The highest BCUT2D eigenvalue weighted by molar-refractivity contribution is 5.80. The van der Waals surface area contributed by atoms with Gasteiger partial charge in [0.15, 0.2) is 0 Å². The number of aryl methyl sites for hydroxylation is 2. The molecule has 0 unspecified atom stereocenters. The molecule has 0 atom stereocenters. The van der Waals surface area contributed by atoms with E-state index in [1.165, 1.54) is 5.56 Å². The highest BCUT2D eigenvalue weighted by Crippen LogP contribution is 2.25. The number of fused-ring (bicyclic) bond motifs is 1. The number of rotatable bonds is 2. The highest BCUT2D eigenvalue weighted by Gasteiger charge is 2.11. The van der Waals surface area contributed by atoms with E-state index in [1.54, 1.807) is 6.26 Å². The normalized spacial score (nSPS) is 11.2. The minimum absolute atomic E-state index is 0.873. The Kier molecular flexibility index (Phi) is 2.25. The summed E-state index contributed by atoms with van der Waals surface area (Å²) in [5, 5.41) is 0. The smallest absolute Gasteiger partial charge is 0.142 e. The summed E-state index contributed by atoms with van der Waals surface area (Å²) in [4.78, 5) is 7.93. The van der Waals surface area contributed by atoms with Gasteiger partial charge in [-0.1, -0.05) is 13.0 Å². The minimum Gasteiger partial charge on any atom is -0.469 e. The van der Waals surface area contributed by atoms with Crippen LogP contribution in [0.2, 0.25) is 0 Å². The Morgan fingerprint density at radius 2 is 2.18 bits per heavy atom. The number of nitrogens with zero attached hydrogens (tertiary/aromatic N) is 1. The topological polar surface area (TPSA) is 41.8 Å². The van der Waals surface area contributed by atoms with Crippen molar-refractivity contribution in [1.82, 2.24) is 9.97 Å². The second kappa shape index (κ2) is 3.77. The first-order chi connectivity index (χ1) is 8.28. The molecule has 1 N–H and O–H groups in total. The lowest BCUT2D eigenvalue weighted by molar-refractivity contribution is 0.517. The lowest BCUT2D eigenvalue weighted by Crippen LogP contribution is -1.83. The van der Waals surface area contributed by atoms with Gasteiger partial charge in [0.2, 0.25) is 0 Å². The number of imidazole rings is 1. The fourth-order valence-electron chi connectivity index (χ4n) is 2.08. The molecule has 0 fully saturated rings. The molecule has 0 saturated carbocycles. The van der Waals surface area contributed by atoms with Crippen LogP contribution in [-0.4, -0.2) is 9.97 Å². The molecule has 3 rings (SSSR count). The first kappa shape index (κ1) is 10.1. The molecule has 0 spiro atoms. The molecular formula is C14H14N2O. The summed E-state index contributed by atoms with van der Waals surface area (Å²) in [5.74, 6) is 1.86. The lowest BCUT2D eigenvalue weighted by atomic mass is 10.2. The van der Waals surface area contributed by atoms with Crippen molar-refractivity contribution in [3.63, 3.8) is 0 Å². The van der Waals surface area contributed by atoms with Gasteiger partial charge >= 0.3 is 0 Å². The molecule has 0 bridgehead atoms. The Balaban J connectivity index is 2.18. The van der Waals surface area contributed by atoms with E-state index in [0.717, 1.165) is 34.6 Å².